The van der Waals surface area contributed by atoms with Crippen molar-refractivity contribution in [2.45, 2.75) is 31.2 Å². The molecule has 0 spiro atoms. The molecule has 134 valence electrons. The molecule has 1 heterocycles. The number of rotatable bonds is 6. The molecule has 8 nitrogen and oxygen atoms in total. The van der Waals surface area contributed by atoms with Gasteiger partial charge in [0.1, 0.15) is 5.69 Å². The van der Waals surface area contributed by atoms with Gasteiger partial charge in [-0.1, -0.05) is 12.1 Å². The fourth-order valence-electron chi connectivity index (χ4n) is 2.17. The van der Waals surface area contributed by atoms with Gasteiger partial charge in [0.05, 0.1) is 10.9 Å². The van der Waals surface area contributed by atoms with Crippen molar-refractivity contribution in [2.75, 3.05) is 6.54 Å². The lowest BCUT2D eigenvalue weighted by Crippen LogP contribution is -2.31. The molecule has 0 unspecified atom stereocenters. The van der Waals surface area contributed by atoms with Crippen molar-refractivity contribution in [3.63, 3.8) is 0 Å². The maximum atomic E-state index is 12.1. The lowest BCUT2D eigenvalue weighted by atomic mass is 10.1. The van der Waals surface area contributed by atoms with Crippen LogP contribution in [0, 0.1) is 0 Å². The minimum Gasteiger partial charge on any atom is -0.350 e. The molecule has 1 aromatic carbocycles. The first-order chi connectivity index (χ1) is 11.7. The number of carbonyl (C=O) groups is 1. The van der Waals surface area contributed by atoms with Gasteiger partial charge in [-0.25, -0.2) is 18.2 Å². The Kier molecular flexibility index (Phi) is 5.70. The predicted octanol–water partition coefficient (Wildman–Crippen LogP) is 0.444. The number of hydrogen-bond acceptors (Lipinski definition) is 5. The largest absolute Gasteiger partial charge is 0.350 e. The van der Waals surface area contributed by atoms with E-state index in [4.69, 9.17) is 5.14 Å². The Hall–Kier alpha value is -2.52. The minimum absolute atomic E-state index is 0.0421. The Morgan fingerprint density at radius 1 is 1.20 bits per heavy atom. The zero-order valence-corrected chi connectivity index (χ0v) is 14.8. The van der Waals surface area contributed by atoms with Crippen molar-refractivity contribution in [1.82, 2.24) is 15.1 Å². The Labute approximate surface area is 145 Å². The summed E-state index contributed by atoms with van der Waals surface area (Å²) in [5, 5.41) is 11.8. The molecule has 3 N–H and O–H groups in total. The van der Waals surface area contributed by atoms with Gasteiger partial charge in [-0.3, -0.25) is 9.59 Å². The quantitative estimate of drug-likeness (QED) is 0.770. The van der Waals surface area contributed by atoms with Gasteiger partial charge in [-0.15, -0.1) is 0 Å². The summed E-state index contributed by atoms with van der Waals surface area (Å²) >= 11 is 0. The smallest absolute Gasteiger partial charge is 0.271 e. The van der Waals surface area contributed by atoms with E-state index >= 15 is 0 Å². The molecule has 1 aromatic heterocycles. The second-order valence-corrected chi connectivity index (χ2v) is 7.35. The van der Waals surface area contributed by atoms with Gasteiger partial charge < -0.3 is 5.32 Å². The van der Waals surface area contributed by atoms with E-state index in [0.717, 1.165) is 5.56 Å². The average Bonchev–Trinajstić information content (AvgIpc) is 2.54. The zero-order chi connectivity index (χ0) is 18.6. The molecule has 2 aromatic rings. The second-order valence-electron chi connectivity index (χ2n) is 5.79. The van der Waals surface area contributed by atoms with Crippen molar-refractivity contribution >= 4 is 15.9 Å². The summed E-state index contributed by atoms with van der Waals surface area (Å²) in [5.74, 6) is -0.379. The van der Waals surface area contributed by atoms with Gasteiger partial charge >= 0.3 is 0 Å². The van der Waals surface area contributed by atoms with Crippen molar-refractivity contribution in [1.29, 1.82) is 0 Å². The second kappa shape index (κ2) is 7.58. The molecule has 0 radical (unpaired) electrons. The summed E-state index contributed by atoms with van der Waals surface area (Å²) in [6, 6.07) is 8.69. The monoisotopic (exact) mass is 364 g/mol. The van der Waals surface area contributed by atoms with Crippen molar-refractivity contribution in [3.8, 4) is 0 Å². The highest BCUT2D eigenvalue weighted by atomic mass is 32.2. The van der Waals surface area contributed by atoms with E-state index < -0.39 is 10.0 Å². The Balaban J connectivity index is 1.97. The van der Waals surface area contributed by atoms with Crippen LogP contribution in [-0.4, -0.2) is 30.7 Å². The van der Waals surface area contributed by atoms with E-state index in [1.165, 1.54) is 28.9 Å². The fraction of sp³-hybridized carbons (Fsp3) is 0.312. The van der Waals surface area contributed by atoms with Gasteiger partial charge in [-0.2, -0.15) is 5.10 Å². The molecule has 0 fully saturated rings. The lowest BCUT2D eigenvalue weighted by molar-refractivity contribution is 0.0946. The number of aromatic nitrogens is 2. The van der Waals surface area contributed by atoms with Crippen LogP contribution in [0.4, 0.5) is 0 Å². The molecular weight excluding hydrogens is 344 g/mol. The molecular formula is C16H20N4O4S. The van der Waals surface area contributed by atoms with E-state index in [2.05, 4.69) is 10.4 Å². The first-order valence-corrected chi connectivity index (χ1v) is 9.23. The van der Waals surface area contributed by atoms with Crippen LogP contribution in [-0.2, 0) is 16.4 Å². The number of nitrogens with two attached hydrogens (primary N) is 1. The number of nitrogens with one attached hydrogen (secondary N) is 1. The lowest BCUT2D eigenvalue weighted by Gasteiger charge is -2.10. The summed E-state index contributed by atoms with van der Waals surface area (Å²) in [6.07, 6.45) is 0.514. The maximum absolute atomic E-state index is 12.1. The van der Waals surface area contributed by atoms with Crippen LogP contribution in [0.15, 0.2) is 46.1 Å². The number of benzene rings is 1. The van der Waals surface area contributed by atoms with E-state index in [1.54, 1.807) is 26.0 Å². The normalized spacial score (nSPS) is 11.5. The van der Waals surface area contributed by atoms with Crippen molar-refractivity contribution < 1.29 is 13.2 Å². The third-order valence-electron chi connectivity index (χ3n) is 3.50. The van der Waals surface area contributed by atoms with Crippen LogP contribution < -0.4 is 16.0 Å². The van der Waals surface area contributed by atoms with E-state index in [9.17, 15) is 18.0 Å². The highest BCUT2D eigenvalue weighted by Crippen LogP contribution is 2.09. The first-order valence-electron chi connectivity index (χ1n) is 7.68. The van der Waals surface area contributed by atoms with Gasteiger partial charge in [0.2, 0.25) is 10.0 Å². The number of amides is 1. The highest BCUT2D eigenvalue weighted by Gasteiger charge is 2.11. The maximum Gasteiger partial charge on any atom is 0.271 e. The molecule has 9 heteroatoms. The van der Waals surface area contributed by atoms with Crippen LogP contribution in [0.1, 0.15) is 35.9 Å². The van der Waals surface area contributed by atoms with Crippen molar-refractivity contribution in [3.05, 3.63) is 58.0 Å². The summed E-state index contributed by atoms with van der Waals surface area (Å²) in [7, 11) is -3.71. The number of sulfonamides is 1. The molecule has 0 aliphatic carbocycles. The summed E-state index contributed by atoms with van der Waals surface area (Å²) < 4.78 is 23.6. The Bertz CT molecular complexity index is 918. The van der Waals surface area contributed by atoms with Crippen molar-refractivity contribution in [2.24, 2.45) is 5.14 Å². The standard InChI is InChI=1S/C16H20N4O4S/c1-11(2)20-15(21)8-7-14(19-20)16(22)18-10-9-12-3-5-13(6-4-12)25(17,23)24/h3-8,11H,9-10H2,1-2H3,(H,18,22)(H2,17,23,24). The van der Waals surface area contributed by atoms with Gasteiger partial charge in [0.15, 0.2) is 0 Å². The molecule has 25 heavy (non-hydrogen) atoms. The van der Waals surface area contributed by atoms with E-state index in [1.807, 2.05) is 0 Å². The summed E-state index contributed by atoms with van der Waals surface area (Å²) in [5.41, 5.74) is 0.757. The Morgan fingerprint density at radius 3 is 2.40 bits per heavy atom. The Morgan fingerprint density at radius 2 is 1.84 bits per heavy atom. The number of hydrogen-bond donors (Lipinski definition) is 2. The third-order valence-corrected chi connectivity index (χ3v) is 4.43. The highest BCUT2D eigenvalue weighted by molar-refractivity contribution is 7.89. The molecule has 0 saturated heterocycles. The van der Waals surface area contributed by atoms with Crippen LogP contribution in [0.3, 0.4) is 0 Å². The molecule has 0 aliphatic rings. The van der Waals surface area contributed by atoms with Crippen LogP contribution >= 0.6 is 0 Å². The van der Waals surface area contributed by atoms with E-state index in [0.29, 0.717) is 13.0 Å². The molecule has 1 amide bonds. The van der Waals surface area contributed by atoms with E-state index in [-0.39, 0.29) is 28.1 Å². The molecule has 0 bridgehead atoms. The zero-order valence-electron chi connectivity index (χ0n) is 14.0. The molecule has 2 rings (SSSR count). The first kappa shape index (κ1) is 18.8. The number of carbonyl (C=O) groups excluding carboxylic acids is 1. The predicted molar refractivity (Wildman–Crippen MR) is 92.7 cm³/mol. The van der Waals surface area contributed by atoms with Gasteiger partial charge in [0, 0.05) is 12.6 Å². The molecule has 0 atom stereocenters. The average molecular weight is 364 g/mol. The fourth-order valence-corrected chi connectivity index (χ4v) is 2.69. The number of primary sulfonamides is 1. The van der Waals surface area contributed by atoms with Gasteiger partial charge in [-0.05, 0) is 44.0 Å². The summed E-state index contributed by atoms with van der Waals surface area (Å²) in [6.45, 7) is 3.96. The van der Waals surface area contributed by atoms with Crippen LogP contribution in [0.2, 0.25) is 0 Å². The van der Waals surface area contributed by atoms with Crippen LogP contribution in [0.25, 0.3) is 0 Å². The van der Waals surface area contributed by atoms with Gasteiger partial charge in [0.25, 0.3) is 11.5 Å². The van der Waals surface area contributed by atoms with Crippen LogP contribution in [0.5, 0.6) is 0 Å². The SMILES string of the molecule is CC(C)n1nc(C(=O)NCCc2ccc(S(N)(=O)=O)cc2)ccc1=O. The molecule has 0 aliphatic heterocycles. The third kappa shape index (κ3) is 4.97. The number of nitrogens with zero attached hydrogens (tertiary/aromatic N) is 2. The summed E-state index contributed by atoms with van der Waals surface area (Å²) in [4.78, 5) is 23.8. The topological polar surface area (TPSA) is 124 Å². The molecule has 0 saturated carbocycles. The minimum atomic E-state index is -3.71.